The van der Waals surface area contributed by atoms with Gasteiger partial charge in [0.1, 0.15) is 0 Å². The number of anilines is 1. The summed E-state index contributed by atoms with van der Waals surface area (Å²) in [6.07, 6.45) is 0.332. The van der Waals surface area contributed by atoms with Crippen LogP contribution >= 0.6 is 15.9 Å². The number of hydrogen-bond donors (Lipinski definition) is 2. The number of benzene rings is 1. The summed E-state index contributed by atoms with van der Waals surface area (Å²) >= 11 is 3.33. The Morgan fingerprint density at radius 1 is 1.35 bits per heavy atom. The van der Waals surface area contributed by atoms with E-state index in [1.54, 1.807) is 6.92 Å². The lowest BCUT2D eigenvalue weighted by atomic mass is 10.2. The van der Waals surface area contributed by atoms with E-state index in [0.717, 1.165) is 10.2 Å². The van der Waals surface area contributed by atoms with Gasteiger partial charge < -0.3 is 15.3 Å². The number of rotatable bonds is 7. The minimum Gasteiger partial charge on any atom is -0.481 e. The van der Waals surface area contributed by atoms with Crippen molar-refractivity contribution in [2.75, 3.05) is 25.5 Å². The molecule has 110 valence electrons. The molecule has 0 aliphatic rings. The van der Waals surface area contributed by atoms with Gasteiger partial charge in [-0.15, -0.1) is 0 Å². The fourth-order valence-corrected chi connectivity index (χ4v) is 1.95. The lowest BCUT2D eigenvalue weighted by molar-refractivity contribution is -0.141. The van der Waals surface area contributed by atoms with Gasteiger partial charge >= 0.3 is 5.97 Å². The van der Waals surface area contributed by atoms with Crippen molar-refractivity contribution in [2.45, 2.75) is 13.3 Å². The van der Waals surface area contributed by atoms with E-state index in [9.17, 15) is 9.59 Å². The normalized spacial score (nSPS) is 12.2. The topological polar surface area (TPSA) is 69.6 Å². The molecule has 5 nitrogen and oxygen atoms in total. The number of carboxylic acid groups (broad SMARTS) is 1. The molecule has 20 heavy (non-hydrogen) atoms. The number of carboxylic acids is 1. The quantitative estimate of drug-likeness (QED) is 0.798. The maximum Gasteiger partial charge on any atom is 0.307 e. The third kappa shape index (κ3) is 6.16. The number of hydrogen-bond acceptors (Lipinski definition) is 3. The highest BCUT2D eigenvalue weighted by molar-refractivity contribution is 9.10. The molecule has 6 heteroatoms. The van der Waals surface area contributed by atoms with Crippen molar-refractivity contribution in [1.29, 1.82) is 0 Å². The van der Waals surface area contributed by atoms with Crippen LogP contribution in [0.2, 0.25) is 0 Å². The predicted molar refractivity (Wildman–Crippen MR) is 81.7 cm³/mol. The molecule has 1 amide bonds. The van der Waals surface area contributed by atoms with Crippen molar-refractivity contribution in [3.8, 4) is 0 Å². The largest absolute Gasteiger partial charge is 0.481 e. The molecular weight excluding hydrogens is 324 g/mol. The number of nitrogens with zero attached hydrogens (tertiary/aromatic N) is 1. The molecule has 0 spiro atoms. The molecule has 0 aliphatic carbocycles. The van der Waals surface area contributed by atoms with E-state index < -0.39 is 11.9 Å². The van der Waals surface area contributed by atoms with Crippen LogP contribution in [0, 0.1) is 5.92 Å². The fraction of sp³-hybridized carbons (Fsp3) is 0.429. The first-order valence-electron chi connectivity index (χ1n) is 6.35. The van der Waals surface area contributed by atoms with Gasteiger partial charge in [0.05, 0.1) is 5.92 Å². The standard InChI is InChI=1S/C14H19BrN2O3/c1-10(14(19)20)9-17(2)8-7-13(18)16-12-5-3-11(15)4-6-12/h3-6,10H,7-9H2,1-2H3,(H,16,18)(H,19,20). The number of halogens is 1. The molecule has 0 bridgehead atoms. The first-order chi connectivity index (χ1) is 9.38. The van der Waals surface area contributed by atoms with Gasteiger partial charge in [0.2, 0.25) is 5.91 Å². The van der Waals surface area contributed by atoms with Crippen LogP contribution in [0.5, 0.6) is 0 Å². The van der Waals surface area contributed by atoms with E-state index in [2.05, 4.69) is 21.2 Å². The van der Waals surface area contributed by atoms with Gasteiger partial charge in [-0.05, 0) is 31.3 Å². The summed E-state index contributed by atoms with van der Waals surface area (Å²) in [6, 6.07) is 7.35. The summed E-state index contributed by atoms with van der Waals surface area (Å²) in [5.41, 5.74) is 0.750. The molecule has 0 radical (unpaired) electrons. The minimum absolute atomic E-state index is 0.0813. The average Bonchev–Trinajstić information content (AvgIpc) is 2.39. The van der Waals surface area contributed by atoms with Gasteiger partial charge in [0.15, 0.2) is 0 Å². The van der Waals surface area contributed by atoms with Crippen molar-refractivity contribution in [2.24, 2.45) is 5.92 Å². The highest BCUT2D eigenvalue weighted by atomic mass is 79.9. The second kappa shape index (κ2) is 8.01. The van der Waals surface area contributed by atoms with Crippen LogP contribution in [0.4, 0.5) is 5.69 Å². The average molecular weight is 343 g/mol. The van der Waals surface area contributed by atoms with Gasteiger partial charge in [0.25, 0.3) is 0 Å². The van der Waals surface area contributed by atoms with Gasteiger partial charge in [0, 0.05) is 29.7 Å². The summed E-state index contributed by atoms with van der Waals surface area (Å²) in [7, 11) is 1.81. The molecule has 1 rings (SSSR count). The van der Waals surface area contributed by atoms with Gasteiger partial charge in [-0.2, -0.15) is 0 Å². The number of nitrogens with one attached hydrogen (secondary N) is 1. The Morgan fingerprint density at radius 2 is 1.95 bits per heavy atom. The van der Waals surface area contributed by atoms with Crippen molar-refractivity contribution < 1.29 is 14.7 Å². The van der Waals surface area contributed by atoms with Crippen LogP contribution in [-0.2, 0) is 9.59 Å². The first kappa shape index (κ1) is 16.7. The Hall–Kier alpha value is -1.40. The second-order valence-electron chi connectivity index (χ2n) is 4.81. The monoisotopic (exact) mass is 342 g/mol. The third-order valence-electron chi connectivity index (χ3n) is 2.86. The summed E-state index contributed by atoms with van der Waals surface area (Å²) in [6.45, 7) is 2.61. The van der Waals surface area contributed by atoms with Crippen LogP contribution in [0.25, 0.3) is 0 Å². The third-order valence-corrected chi connectivity index (χ3v) is 3.38. The smallest absolute Gasteiger partial charge is 0.307 e. The molecule has 0 fully saturated rings. The van der Waals surface area contributed by atoms with Crippen LogP contribution in [-0.4, -0.2) is 42.0 Å². The number of carbonyl (C=O) groups is 2. The zero-order chi connectivity index (χ0) is 15.1. The van der Waals surface area contributed by atoms with Gasteiger partial charge in [-0.3, -0.25) is 9.59 Å². The summed E-state index contributed by atoms with van der Waals surface area (Å²) < 4.78 is 0.956. The summed E-state index contributed by atoms with van der Waals surface area (Å²) in [4.78, 5) is 24.3. The lowest BCUT2D eigenvalue weighted by Gasteiger charge is -2.18. The molecular formula is C14H19BrN2O3. The maximum atomic E-state index is 11.8. The Morgan fingerprint density at radius 3 is 2.50 bits per heavy atom. The molecule has 1 unspecified atom stereocenters. The van der Waals surface area contributed by atoms with E-state index in [-0.39, 0.29) is 5.91 Å². The van der Waals surface area contributed by atoms with Crippen LogP contribution in [0.3, 0.4) is 0 Å². The Balaban J connectivity index is 2.32. The molecule has 1 atom stereocenters. The SMILES string of the molecule is CC(CN(C)CCC(=O)Nc1ccc(Br)cc1)C(=O)O. The molecule has 0 aliphatic heterocycles. The molecule has 0 heterocycles. The van der Waals surface area contributed by atoms with Gasteiger partial charge in [-0.25, -0.2) is 0 Å². The van der Waals surface area contributed by atoms with E-state index in [0.29, 0.717) is 19.5 Å². The number of aliphatic carboxylic acids is 1. The van der Waals surface area contributed by atoms with Crippen molar-refractivity contribution in [3.63, 3.8) is 0 Å². The highest BCUT2D eigenvalue weighted by Crippen LogP contribution is 2.14. The lowest BCUT2D eigenvalue weighted by Crippen LogP contribution is -2.31. The predicted octanol–water partition coefficient (Wildman–Crippen LogP) is 2.43. The van der Waals surface area contributed by atoms with Crippen LogP contribution < -0.4 is 5.32 Å². The van der Waals surface area contributed by atoms with E-state index >= 15 is 0 Å². The minimum atomic E-state index is -0.823. The molecule has 0 saturated carbocycles. The Labute approximate surface area is 127 Å². The molecule has 1 aromatic rings. The zero-order valence-corrected chi connectivity index (χ0v) is 13.2. The molecule has 0 saturated heterocycles. The number of amides is 1. The number of carbonyl (C=O) groups excluding carboxylic acids is 1. The first-order valence-corrected chi connectivity index (χ1v) is 7.14. The summed E-state index contributed by atoms with van der Waals surface area (Å²) in [5.74, 6) is -1.34. The summed E-state index contributed by atoms with van der Waals surface area (Å²) in [5, 5.41) is 11.6. The van der Waals surface area contributed by atoms with Crippen molar-refractivity contribution >= 4 is 33.5 Å². The molecule has 1 aromatic carbocycles. The molecule has 2 N–H and O–H groups in total. The Kier molecular flexibility index (Phi) is 6.67. The van der Waals surface area contributed by atoms with E-state index in [1.807, 2.05) is 36.2 Å². The second-order valence-corrected chi connectivity index (χ2v) is 5.72. The maximum absolute atomic E-state index is 11.8. The van der Waals surface area contributed by atoms with Crippen LogP contribution in [0.15, 0.2) is 28.7 Å². The van der Waals surface area contributed by atoms with E-state index in [4.69, 9.17) is 5.11 Å². The molecule has 0 aromatic heterocycles. The fourth-order valence-electron chi connectivity index (χ4n) is 1.69. The Bertz CT molecular complexity index is 462. The van der Waals surface area contributed by atoms with E-state index in [1.165, 1.54) is 0 Å². The highest BCUT2D eigenvalue weighted by Gasteiger charge is 2.14. The zero-order valence-electron chi connectivity index (χ0n) is 11.6. The van der Waals surface area contributed by atoms with Crippen molar-refractivity contribution in [1.82, 2.24) is 4.90 Å². The van der Waals surface area contributed by atoms with Crippen molar-refractivity contribution in [3.05, 3.63) is 28.7 Å². The van der Waals surface area contributed by atoms with Gasteiger partial charge in [-0.1, -0.05) is 22.9 Å². The van der Waals surface area contributed by atoms with Crippen LogP contribution in [0.1, 0.15) is 13.3 Å².